The molecule has 0 saturated heterocycles. The molecule has 0 aliphatic carbocycles. The van der Waals surface area contributed by atoms with E-state index >= 15 is 0 Å². The molecule has 3 nitrogen and oxygen atoms in total. The van der Waals surface area contributed by atoms with Gasteiger partial charge in [0.25, 0.3) is 0 Å². The van der Waals surface area contributed by atoms with E-state index in [1.54, 1.807) is 38.1 Å². The minimum Gasteiger partial charge on any atom is -0.478 e. The lowest BCUT2D eigenvalue weighted by molar-refractivity contribution is -0.150. The average Bonchev–Trinajstić information content (AvgIpc) is 2.35. The standard InChI is InChI=1S/C15H18F3NO2/c1-11(2)19(10-15(16,17)18)9-13-5-3-12(4-6-13)7-8-14(20)21/h3-8,11H,9-10H2,1-2H3,(H,20,21). The van der Waals surface area contributed by atoms with Crippen LogP contribution in [0.2, 0.25) is 0 Å². The highest BCUT2D eigenvalue weighted by atomic mass is 19.4. The molecule has 1 rings (SSSR count). The van der Waals surface area contributed by atoms with E-state index in [4.69, 9.17) is 5.11 Å². The van der Waals surface area contributed by atoms with Gasteiger partial charge in [-0.3, -0.25) is 4.90 Å². The first kappa shape index (κ1) is 17.2. The van der Waals surface area contributed by atoms with Crippen LogP contribution in [0.5, 0.6) is 0 Å². The number of benzene rings is 1. The second-order valence-corrected chi connectivity index (χ2v) is 5.03. The van der Waals surface area contributed by atoms with Gasteiger partial charge in [0.15, 0.2) is 0 Å². The summed E-state index contributed by atoms with van der Waals surface area (Å²) in [4.78, 5) is 11.7. The predicted octanol–water partition coefficient (Wildman–Crippen LogP) is 3.56. The molecule has 1 aromatic rings. The zero-order valence-corrected chi connectivity index (χ0v) is 11.9. The van der Waals surface area contributed by atoms with E-state index < -0.39 is 18.7 Å². The third-order valence-electron chi connectivity index (χ3n) is 2.90. The molecule has 1 aromatic carbocycles. The summed E-state index contributed by atoms with van der Waals surface area (Å²) in [6, 6.07) is 6.54. The monoisotopic (exact) mass is 301 g/mol. The molecule has 0 amide bonds. The molecule has 116 valence electrons. The molecule has 0 bridgehead atoms. The maximum atomic E-state index is 12.5. The Morgan fingerprint density at radius 3 is 2.29 bits per heavy atom. The largest absolute Gasteiger partial charge is 0.478 e. The van der Waals surface area contributed by atoms with Gasteiger partial charge in [-0.2, -0.15) is 13.2 Å². The van der Waals surface area contributed by atoms with Gasteiger partial charge in [-0.15, -0.1) is 0 Å². The molecule has 6 heteroatoms. The Morgan fingerprint density at radius 2 is 1.86 bits per heavy atom. The molecule has 0 radical (unpaired) electrons. The Labute approximate surface area is 121 Å². The van der Waals surface area contributed by atoms with Crippen LogP contribution in [-0.2, 0) is 11.3 Å². The van der Waals surface area contributed by atoms with Crippen molar-refractivity contribution >= 4 is 12.0 Å². The number of carbonyl (C=O) groups is 1. The number of hydrogen-bond acceptors (Lipinski definition) is 2. The minimum absolute atomic E-state index is 0.195. The molecule has 0 saturated carbocycles. The maximum absolute atomic E-state index is 12.5. The number of carboxylic acid groups (broad SMARTS) is 1. The summed E-state index contributed by atoms with van der Waals surface area (Å²) in [6.07, 6.45) is -1.78. The molecule has 0 heterocycles. The number of nitrogens with zero attached hydrogens (tertiary/aromatic N) is 1. The summed E-state index contributed by atoms with van der Waals surface area (Å²) >= 11 is 0. The van der Waals surface area contributed by atoms with Gasteiger partial charge in [-0.05, 0) is 31.1 Å². The van der Waals surface area contributed by atoms with E-state index in [1.165, 1.54) is 11.0 Å². The van der Waals surface area contributed by atoms with Crippen LogP contribution in [0, 0.1) is 0 Å². The zero-order valence-electron chi connectivity index (χ0n) is 11.9. The van der Waals surface area contributed by atoms with Crippen LogP contribution in [0.25, 0.3) is 6.08 Å². The lowest BCUT2D eigenvalue weighted by atomic mass is 10.1. The number of alkyl halides is 3. The number of halogens is 3. The molecule has 0 unspecified atom stereocenters. The zero-order chi connectivity index (χ0) is 16.0. The summed E-state index contributed by atoms with van der Waals surface area (Å²) in [5.74, 6) is -1.05. The van der Waals surface area contributed by atoms with Crippen molar-refractivity contribution in [2.75, 3.05) is 6.54 Å². The second-order valence-electron chi connectivity index (χ2n) is 5.03. The summed E-state index contributed by atoms with van der Waals surface area (Å²) < 4.78 is 37.5. The Morgan fingerprint density at radius 1 is 1.29 bits per heavy atom. The number of rotatable bonds is 6. The van der Waals surface area contributed by atoms with Crippen molar-refractivity contribution in [2.24, 2.45) is 0 Å². The molecule has 0 aliphatic rings. The Kier molecular flexibility index (Phi) is 5.96. The minimum atomic E-state index is -4.23. The SMILES string of the molecule is CC(C)N(Cc1ccc(C=CC(=O)O)cc1)CC(F)(F)F. The van der Waals surface area contributed by atoms with Crippen molar-refractivity contribution in [3.8, 4) is 0 Å². The predicted molar refractivity (Wildman–Crippen MR) is 74.7 cm³/mol. The molecule has 0 fully saturated rings. The maximum Gasteiger partial charge on any atom is 0.401 e. The fourth-order valence-corrected chi connectivity index (χ4v) is 1.79. The summed E-state index contributed by atoms with van der Waals surface area (Å²) in [5.41, 5.74) is 1.44. The van der Waals surface area contributed by atoms with Crippen LogP contribution in [-0.4, -0.2) is 34.7 Å². The first-order valence-corrected chi connectivity index (χ1v) is 6.48. The van der Waals surface area contributed by atoms with Crippen LogP contribution in [0.15, 0.2) is 30.3 Å². The van der Waals surface area contributed by atoms with Crippen molar-refractivity contribution < 1.29 is 23.1 Å². The fourth-order valence-electron chi connectivity index (χ4n) is 1.79. The molecule has 0 spiro atoms. The van der Waals surface area contributed by atoms with Crippen LogP contribution >= 0.6 is 0 Å². The van der Waals surface area contributed by atoms with E-state index in [0.29, 0.717) is 5.56 Å². The topological polar surface area (TPSA) is 40.5 Å². The van der Waals surface area contributed by atoms with Crippen LogP contribution < -0.4 is 0 Å². The van der Waals surface area contributed by atoms with Crippen LogP contribution in [0.1, 0.15) is 25.0 Å². The van der Waals surface area contributed by atoms with Crippen molar-refractivity contribution in [1.82, 2.24) is 4.90 Å². The van der Waals surface area contributed by atoms with E-state index in [2.05, 4.69) is 0 Å². The van der Waals surface area contributed by atoms with Gasteiger partial charge in [0, 0.05) is 18.7 Å². The smallest absolute Gasteiger partial charge is 0.401 e. The molecule has 0 atom stereocenters. The molecular formula is C15H18F3NO2. The third kappa shape index (κ3) is 6.94. The summed E-state index contributed by atoms with van der Waals surface area (Å²) in [6.45, 7) is 2.68. The first-order valence-electron chi connectivity index (χ1n) is 6.48. The van der Waals surface area contributed by atoms with Crippen LogP contribution in [0.4, 0.5) is 13.2 Å². The van der Waals surface area contributed by atoms with Gasteiger partial charge in [-0.25, -0.2) is 4.79 Å². The highest BCUT2D eigenvalue weighted by Gasteiger charge is 2.31. The van der Waals surface area contributed by atoms with Gasteiger partial charge in [0.05, 0.1) is 6.54 Å². The van der Waals surface area contributed by atoms with Crippen molar-refractivity contribution in [1.29, 1.82) is 0 Å². The first-order chi connectivity index (χ1) is 9.67. The fraction of sp³-hybridized carbons (Fsp3) is 0.400. The molecule has 21 heavy (non-hydrogen) atoms. The van der Waals surface area contributed by atoms with Crippen molar-refractivity contribution in [3.63, 3.8) is 0 Å². The van der Waals surface area contributed by atoms with Crippen molar-refractivity contribution in [3.05, 3.63) is 41.5 Å². The van der Waals surface area contributed by atoms with E-state index in [-0.39, 0.29) is 12.6 Å². The average molecular weight is 301 g/mol. The highest BCUT2D eigenvalue weighted by Crippen LogP contribution is 2.20. The molecule has 0 aliphatic heterocycles. The van der Waals surface area contributed by atoms with Gasteiger partial charge in [0.1, 0.15) is 0 Å². The lowest BCUT2D eigenvalue weighted by Crippen LogP contribution is -2.38. The Balaban J connectivity index is 2.74. The van der Waals surface area contributed by atoms with Gasteiger partial charge >= 0.3 is 12.1 Å². The third-order valence-corrected chi connectivity index (χ3v) is 2.90. The van der Waals surface area contributed by atoms with E-state index in [0.717, 1.165) is 11.6 Å². The van der Waals surface area contributed by atoms with Gasteiger partial charge in [0.2, 0.25) is 0 Å². The summed E-state index contributed by atoms with van der Waals surface area (Å²) in [5, 5.41) is 8.52. The molecule has 0 aromatic heterocycles. The quantitative estimate of drug-likeness (QED) is 0.817. The van der Waals surface area contributed by atoms with E-state index in [9.17, 15) is 18.0 Å². The number of carboxylic acids is 1. The second kappa shape index (κ2) is 7.26. The highest BCUT2D eigenvalue weighted by molar-refractivity contribution is 5.85. The van der Waals surface area contributed by atoms with Crippen molar-refractivity contribution in [2.45, 2.75) is 32.6 Å². The Hall–Kier alpha value is -1.82. The van der Waals surface area contributed by atoms with E-state index in [1.807, 2.05) is 0 Å². The lowest BCUT2D eigenvalue weighted by Gasteiger charge is -2.27. The molecular weight excluding hydrogens is 283 g/mol. The normalized spacial score (nSPS) is 12.5. The van der Waals surface area contributed by atoms with Gasteiger partial charge < -0.3 is 5.11 Å². The van der Waals surface area contributed by atoms with Crippen LogP contribution in [0.3, 0.4) is 0 Å². The molecule has 1 N–H and O–H groups in total. The number of aliphatic carboxylic acids is 1. The summed E-state index contributed by atoms with van der Waals surface area (Å²) in [7, 11) is 0. The Bertz CT molecular complexity index is 493. The number of hydrogen-bond donors (Lipinski definition) is 1. The van der Waals surface area contributed by atoms with Gasteiger partial charge in [-0.1, -0.05) is 24.3 Å².